The van der Waals surface area contributed by atoms with E-state index in [9.17, 15) is 0 Å². The topological polar surface area (TPSA) is 17.8 Å². The molecule has 0 fully saturated rings. The van der Waals surface area contributed by atoms with E-state index < -0.39 is 0 Å². The average molecular weight is 370 g/mol. The Balaban J connectivity index is 3.06. The second kappa shape index (κ2) is 7.33. The van der Waals surface area contributed by atoms with Crippen LogP contribution in [-0.4, -0.2) is 21.5 Å². The van der Waals surface area contributed by atoms with E-state index in [1.807, 2.05) is 11.7 Å². The average Bonchev–Trinajstić information content (AvgIpc) is 2.64. The highest BCUT2D eigenvalue weighted by Gasteiger charge is 2.32. The highest BCUT2D eigenvalue weighted by Crippen LogP contribution is 2.36. The third-order valence-corrected chi connectivity index (χ3v) is 5.50. The SMILES string of the molecule is CCc1nn(C)c(CC(CCl)(CCl)CC(C)C)c1Br. The minimum Gasteiger partial charge on any atom is -0.271 e. The maximum atomic E-state index is 6.23. The minimum atomic E-state index is -0.0569. The number of nitrogens with zero attached hydrogens (tertiary/aromatic N) is 2. The molecule has 0 saturated carbocycles. The third kappa shape index (κ3) is 4.12. The number of rotatable bonds is 7. The van der Waals surface area contributed by atoms with Gasteiger partial charge in [-0.25, -0.2) is 0 Å². The lowest BCUT2D eigenvalue weighted by molar-refractivity contribution is 0.289. The van der Waals surface area contributed by atoms with Gasteiger partial charge in [0.2, 0.25) is 0 Å². The molecule has 0 N–H and O–H groups in total. The molecule has 0 aromatic carbocycles. The molecule has 110 valence electrons. The van der Waals surface area contributed by atoms with Crippen LogP contribution in [0.15, 0.2) is 4.47 Å². The largest absolute Gasteiger partial charge is 0.271 e. The van der Waals surface area contributed by atoms with Crippen LogP contribution in [-0.2, 0) is 19.9 Å². The Labute approximate surface area is 135 Å². The summed E-state index contributed by atoms with van der Waals surface area (Å²) in [5.74, 6) is 1.73. The molecule has 19 heavy (non-hydrogen) atoms. The molecule has 2 nitrogen and oxygen atoms in total. The van der Waals surface area contributed by atoms with Gasteiger partial charge in [0.25, 0.3) is 0 Å². The number of aryl methyl sites for hydroxylation is 2. The van der Waals surface area contributed by atoms with Gasteiger partial charge in [-0.3, -0.25) is 4.68 Å². The zero-order valence-electron chi connectivity index (χ0n) is 12.1. The van der Waals surface area contributed by atoms with Crippen LogP contribution in [0.5, 0.6) is 0 Å². The van der Waals surface area contributed by atoms with Crippen LogP contribution in [0, 0.1) is 11.3 Å². The molecule has 0 amide bonds. The van der Waals surface area contributed by atoms with Crippen LogP contribution in [0.1, 0.15) is 38.6 Å². The van der Waals surface area contributed by atoms with Gasteiger partial charge < -0.3 is 0 Å². The Bertz CT molecular complexity index is 412. The fourth-order valence-electron chi connectivity index (χ4n) is 2.54. The Morgan fingerprint density at radius 3 is 2.26 bits per heavy atom. The van der Waals surface area contributed by atoms with Crippen molar-refractivity contribution in [3.05, 3.63) is 15.9 Å². The van der Waals surface area contributed by atoms with Crippen LogP contribution in [0.3, 0.4) is 0 Å². The lowest BCUT2D eigenvalue weighted by Crippen LogP contribution is -2.31. The van der Waals surface area contributed by atoms with Crippen molar-refractivity contribution in [1.29, 1.82) is 0 Å². The van der Waals surface area contributed by atoms with E-state index in [1.54, 1.807) is 0 Å². The smallest absolute Gasteiger partial charge is 0.0766 e. The summed E-state index contributed by atoms with van der Waals surface area (Å²) in [5, 5.41) is 4.54. The van der Waals surface area contributed by atoms with E-state index in [2.05, 4.69) is 41.8 Å². The Morgan fingerprint density at radius 2 is 1.89 bits per heavy atom. The van der Waals surface area contributed by atoms with E-state index in [0.29, 0.717) is 17.7 Å². The predicted octanol–water partition coefficient (Wildman–Crippen LogP) is 4.80. The van der Waals surface area contributed by atoms with E-state index in [4.69, 9.17) is 23.2 Å². The predicted molar refractivity (Wildman–Crippen MR) is 87.3 cm³/mol. The van der Waals surface area contributed by atoms with Crippen LogP contribution in [0.25, 0.3) is 0 Å². The minimum absolute atomic E-state index is 0.0569. The summed E-state index contributed by atoms with van der Waals surface area (Å²) < 4.78 is 3.07. The quantitative estimate of drug-likeness (QED) is 0.631. The van der Waals surface area contributed by atoms with E-state index in [-0.39, 0.29) is 5.41 Å². The molecule has 1 aromatic heterocycles. The van der Waals surface area contributed by atoms with E-state index >= 15 is 0 Å². The zero-order chi connectivity index (χ0) is 14.6. The van der Waals surface area contributed by atoms with E-state index in [1.165, 1.54) is 5.69 Å². The molecule has 0 spiro atoms. The van der Waals surface area contributed by atoms with Crippen LogP contribution in [0.2, 0.25) is 0 Å². The first-order chi connectivity index (χ1) is 8.89. The van der Waals surface area contributed by atoms with Crippen LogP contribution >= 0.6 is 39.1 Å². The second-order valence-electron chi connectivity index (χ2n) is 5.73. The van der Waals surface area contributed by atoms with E-state index in [0.717, 1.165) is 29.4 Å². The normalized spacial score (nSPS) is 12.4. The summed E-state index contributed by atoms with van der Waals surface area (Å²) >= 11 is 16.1. The molecule has 1 aromatic rings. The van der Waals surface area contributed by atoms with Gasteiger partial charge in [0.05, 0.1) is 15.9 Å². The molecular formula is C14H23BrCl2N2. The molecule has 0 aliphatic rings. The van der Waals surface area contributed by atoms with Crippen molar-refractivity contribution in [2.75, 3.05) is 11.8 Å². The number of aromatic nitrogens is 2. The van der Waals surface area contributed by atoms with Crippen molar-refractivity contribution in [2.45, 2.75) is 40.0 Å². The molecular weight excluding hydrogens is 347 g/mol. The van der Waals surface area contributed by atoms with Crippen molar-refractivity contribution in [2.24, 2.45) is 18.4 Å². The Hall–Kier alpha value is 0.270. The first-order valence-corrected chi connectivity index (χ1v) is 8.57. The molecule has 0 bridgehead atoms. The number of hydrogen-bond donors (Lipinski definition) is 0. The second-order valence-corrected chi connectivity index (χ2v) is 7.05. The number of halogens is 3. The summed E-state index contributed by atoms with van der Waals surface area (Å²) in [5.41, 5.74) is 2.23. The maximum Gasteiger partial charge on any atom is 0.0766 e. The van der Waals surface area contributed by atoms with Crippen LogP contribution in [0.4, 0.5) is 0 Å². The molecule has 0 aliphatic heterocycles. The number of alkyl halides is 2. The molecule has 0 saturated heterocycles. The highest BCUT2D eigenvalue weighted by atomic mass is 79.9. The summed E-state index contributed by atoms with van der Waals surface area (Å²) in [4.78, 5) is 0. The number of hydrogen-bond acceptors (Lipinski definition) is 1. The summed E-state index contributed by atoms with van der Waals surface area (Å²) in [7, 11) is 1.99. The summed E-state index contributed by atoms with van der Waals surface area (Å²) in [6.07, 6.45) is 2.81. The Morgan fingerprint density at radius 1 is 1.32 bits per heavy atom. The first kappa shape index (κ1) is 17.3. The summed E-state index contributed by atoms with van der Waals surface area (Å²) in [6, 6.07) is 0. The summed E-state index contributed by atoms with van der Waals surface area (Å²) in [6.45, 7) is 6.54. The van der Waals surface area contributed by atoms with Gasteiger partial charge in [0, 0.05) is 24.2 Å². The van der Waals surface area contributed by atoms with Crippen molar-refractivity contribution < 1.29 is 0 Å². The van der Waals surface area contributed by atoms with Gasteiger partial charge in [-0.2, -0.15) is 5.10 Å². The van der Waals surface area contributed by atoms with Crippen LogP contribution < -0.4 is 0 Å². The highest BCUT2D eigenvalue weighted by molar-refractivity contribution is 9.10. The van der Waals surface area contributed by atoms with Gasteiger partial charge in [0.15, 0.2) is 0 Å². The van der Waals surface area contributed by atoms with Gasteiger partial charge in [-0.1, -0.05) is 20.8 Å². The van der Waals surface area contributed by atoms with Gasteiger partial charge in [0.1, 0.15) is 0 Å². The Kier molecular flexibility index (Phi) is 6.68. The molecule has 1 rings (SSSR count). The monoisotopic (exact) mass is 368 g/mol. The maximum absolute atomic E-state index is 6.23. The van der Waals surface area contributed by atoms with Crippen molar-refractivity contribution in [3.63, 3.8) is 0 Å². The fraction of sp³-hybridized carbons (Fsp3) is 0.786. The zero-order valence-corrected chi connectivity index (χ0v) is 15.2. The lowest BCUT2D eigenvalue weighted by atomic mass is 9.79. The molecule has 0 radical (unpaired) electrons. The molecule has 1 heterocycles. The third-order valence-electron chi connectivity index (χ3n) is 3.45. The van der Waals surface area contributed by atoms with Gasteiger partial charge >= 0.3 is 0 Å². The van der Waals surface area contributed by atoms with Crippen molar-refractivity contribution >= 4 is 39.1 Å². The molecule has 5 heteroatoms. The van der Waals surface area contributed by atoms with Gasteiger partial charge in [-0.05, 0) is 41.1 Å². The molecule has 0 aliphatic carbocycles. The molecule has 0 atom stereocenters. The molecule has 0 unspecified atom stereocenters. The lowest BCUT2D eigenvalue weighted by Gasteiger charge is -2.31. The first-order valence-electron chi connectivity index (χ1n) is 6.71. The standard InChI is InChI=1S/C14H23BrCl2N2/c1-5-11-13(15)12(19(4)18-11)7-14(8-16,9-17)6-10(2)3/h10H,5-9H2,1-4H3. The van der Waals surface area contributed by atoms with Crippen molar-refractivity contribution in [1.82, 2.24) is 9.78 Å². The van der Waals surface area contributed by atoms with Gasteiger partial charge in [-0.15, -0.1) is 23.2 Å². The van der Waals surface area contributed by atoms with Crippen molar-refractivity contribution in [3.8, 4) is 0 Å². The fourth-order valence-corrected chi connectivity index (χ4v) is 3.99.